The molecule has 12 nitrogen and oxygen atoms in total. The van der Waals surface area contributed by atoms with Crippen molar-refractivity contribution in [3.05, 3.63) is 71.8 Å². The van der Waals surface area contributed by atoms with Gasteiger partial charge in [-0.15, -0.1) is 0 Å². The molecule has 0 saturated carbocycles. The van der Waals surface area contributed by atoms with E-state index in [1.54, 1.807) is 48.5 Å². The largest absolute Gasteiger partial charge is 0.481 e. The zero-order chi connectivity index (χ0) is 36.9. The third-order valence-corrected chi connectivity index (χ3v) is 8.25. The van der Waals surface area contributed by atoms with Crippen LogP contribution in [-0.4, -0.2) is 61.7 Å². The second-order valence-corrected chi connectivity index (χ2v) is 12.3. The maximum Gasteiger partial charge on any atom is 0.337 e. The Balaban J connectivity index is 2.01. The molecule has 0 unspecified atom stereocenters. The van der Waals surface area contributed by atoms with E-state index in [1.165, 1.54) is 12.5 Å². The van der Waals surface area contributed by atoms with Gasteiger partial charge in [-0.3, -0.25) is 14.4 Å². The Morgan fingerprint density at radius 3 is 1.92 bits per heavy atom. The van der Waals surface area contributed by atoms with Crippen LogP contribution in [-0.2, 0) is 30.4 Å². The molecular weight excluding hydrogens is 644 g/mol. The lowest BCUT2D eigenvalue weighted by Gasteiger charge is -2.29. The van der Waals surface area contributed by atoms with E-state index >= 15 is 0 Å². The van der Waals surface area contributed by atoms with Gasteiger partial charge >= 0.3 is 17.9 Å². The van der Waals surface area contributed by atoms with Crippen LogP contribution in [0.25, 0.3) is 0 Å². The van der Waals surface area contributed by atoms with E-state index in [0.717, 1.165) is 51.0 Å². The summed E-state index contributed by atoms with van der Waals surface area (Å²) in [5.41, 5.74) is -2.09. The fourth-order valence-electron chi connectivity index (χ4n) is 5.36. The Bertz CT molecular complexity index is 1480. The number of Topliss-reactive ketones (excluding diaryl/α,β-unsaturated/α-hetero) is 1. The number of nitriles is 1. The van der Waals surface area contributed by atoms with Crippen molar-refractivity contribution in [2.75, 3.05) is 0 Å². The number of nitrogens with zero attached hydrogens (tertiary/aromatic N) is 1. The van der Waals surface area contributed by atoms with Crippen molar-refractivity contribution in [2.24, 2.45) is 5.92 Å². The molecule has 0 aliphatic carbocycles. The Hall–Kier alpha value is -5.02. The Labute approximate surface area is 292 Å². The van der Waals surface area contributed by atoms with Crippen LogP contribution in [0, 0.1) is 17.2 Å². The van der Waals surface area contributed by atoms with Gasteiger partial charge in [0.05, 0.1) is 24.0 Å². The molecule has 3 atom stereocenters. The van der Waals surface area contributed by atoms with Crippen molar-refractivity contribution < 1.29 is 49.1 Å². The number of nitrogens with one attached hydrogen (secondary N) is 1. The maximum atomic E-state index is 13.4. The molecule has 2 aromatic rings. The van der Waals surface area contributed by atoms with E-state index < -0.39 is 47.8 Å². The van der Waals surface area contributed by atoms with Crippen molar-refractivity contribution in [2.45, 2.75) is 108 Å². The molecular formula is C38H48N2O10. The molecule has 2 rings (SSSR count). The number of benzene rings is 2. The van der Waals surface area contributed by atoms with Crippen LogP contribution < -0.4 is 10.1 Å². The van der Waals surface area contributed by atoms with E-state index in [1.807, 2.05) is 6.07 Å². The smallest absolute Gasteiger partial charge is 0.337 e. The summed E-state index contributed by atoms with van der Waals surface area (Å²) in [6.07, 6.45) is 11.0. The third-order valence-electron chi connectivity index (χ3n) is 8.25. The number of amides is 1. The molecule has 0 spiro atoms. The van der Waals surface area contributed by atoms with Crippen molar-refractivity contribution >= 4 is 29.6 Å². The van der Waals surface area contributed by atoms with Gasteiger partial charge in [-0.05, 0) is 67.6 Å². The number of carboxylic acids is 3. The van der Waals surface area contributed by atoms with Crippen LogP contribution in [0.3, 0.4) is 0 Å². The normalized spacial score (nSPS) is 13.5. The zero-order valence-electron chi connectivity index (χ0n) is 28.5. The van der Waals surface area contributed by atoms with E-state index in [-0.39, 0.29) is 12.2 Å². The average molecular weight is 693 g/mol. The summed E-state index contributed by atoms with van der Waals surface area (Å²) in [6, 6.07) is 13.3. The first-order chi connectivity index (χ1) is 23.9. The first-order valence-corrected chi connectivity index (χ1v) is 17.1. The highest BCUT2D eigenvalue weighted by molar-refractivity contribution is 5.94. The van der Waals surface area contributed by atoms with Crippen molar-refractivity contribution in [1.82, 2.24) is 5.32 Å². The van der Waals surface area contributed by atoms with Crippen LogP contribution in [0.5, 0.6) is 11.5 Å². The maximum absolute atomic E-state index is 13.4. The Morgan fingerprint density at radius 2 is 1.40 bits per heavy atom. The van der Waals surface area contributed by atoms with Gasteiger partial charge in [0.1, 0.15) is 23.3 Å². The van der Waals surface area contributed by atoms with Crippen LogP contribution >= 0.6 is 0 Å². The summed E-state index contributed by atoms with van der Waals surface area (Å²) in [5, 5.41) is 51.1. The Kier molecular flexibility index (Phi) is 18.0. The van der Waals surface area contributed by atoms with E-state index in [9.17, 15) is 44.4 Å². The lowest BCUT2D eigenvalue weighted by atomic mass is 9.82. The van der Waals surface area contributed by atoms with E-state index in [0.29, 0.717) is 48.3 Å². The number of hydrogen-bond donors (Lipinski definition) is 5. The highest BCUT2D eigenvalue weighted by Gasteiger charge is 2.49. The molecule has 0 bridgehead atoms. The van der Waals surface area contributed by atoms with Gasteiger partial charge in [-0.1, -0.05) is 69.7 Å². The third kappa shape index (κ3) is 14.6. The van der Waals surface area contributed by atoms with Crippen LogP contribution in [0.1, 0.15) is 102 Å². The highest BCUT2D eigenvalue weighted by atomic mass is 16.5. The molecule has 0 fully saturated rings. The summed E-state index contributed by atoms with van der Waals surface area (Å²) in [5.74, 6) is -6.92. The molecule has 270 valence electrons. The van der Waals surface area contributed by atoms with Crippen molar-refractivity contribution in [1.29, 1.82) is 5.26 Å². The van der Waals surface area contributed by atoms with Crippen LogP contribution in [0.15, 0.2) is 60.7 Å². The lowest BCUT2D eigenvalue weighted by molar-refractivity contribution is -0.172. The summed E-state index contributed by atoms with van der Waals surface area (Å²) in [6.45, 7) is 2.14. The van der Waals surface area contributed by atoms with Gasteiger partial charge in [0, 0.05) is 19.3 Å². The summed E-state index contributed by atoms with van der Waals surface area (Å²) < 4.78 is 5.73. The molecule has 12 heteroatoms. The van der Waals surface area contributed by atoms with Gasteiger partial charge in [-0.25, -0.2) is 9.59 Å². The molecule has 0 heterocycles. The first kappa shape index (κ1) is 41.2. The summed E-state index contributed by atoms with van der Waals surface area (Å²) in [7, 11) is 0. The highest BCUT2D eigenvalue weighted by Crippen LogP contribution is 2.26. The number of ether oxygens (including phenoxy) is 1. The number of aliphatic hydroxyl groups is 1. The molecule has 2 aromatic carbocycles. The predicted octanol–water partition coefficient (Wildman–Crippen LogP) is 6.20. The first-order valence-electron chi connectivity index (χ1n) is 17.1. The molecule has 0 aromatic heterocycles. The number of hydrogen-bond acceptors (Lipinski definition) is 8. The number of carbonyl (C=O) groups is 5. The van der Waals surface area contributed by atoms with Gasteiger partial charge < -0.3 is 30.5 Å². The van der Waals surface area contributed by atoms with Crippen LogP contribution in [0.2, 0.25) is 0 Å². The topological polar surface area (TPSA) is 211 Å². The number of rotatable bonds is 25. The number of unbranched alkanes of at least 4 members (excludes halogenated alkanes) is 8. The van der Waals surface area contributed by atoms with Gasteiger partial charge in [0.2, 0.25) is 5.91 Å². The number of ketones is 1. The fourth-order valence-corrected chi connectivity index (χ4v) is 5.36. The minimum atomic E-state index is -3.04. The van der Waals surface area contributed by atoms with Crippen LogP contribution in [0.4, 0.5) is 0 Å². The lowest BCUT2D eigenvalue weighted by Crippen LogP contribution is -2.55. The fraction of sp³-hybridized carbons (Fsp3) is 0.474. The van der Waals surface area contributed by atoms with Gasteiger partial charge in [0.25, 0.3) is 0 Å². The predicted molar refractivity (Wildman–Crippen MR) is 184 cm³/mol. The molecule has 50 heavy (non-hydrogen) atoms. The van der Waals surface area contributed by atoms with E-state index in [2.05, 4.69) is 12.2 Å². The SMILES string of the molecule is CCCCCCCC(=O)CCCCCC/C=C/[C@@H](C(=O)N[C@@H](Cc1ccc(Oc2ccc(C#N)cc2)cc1)C(=O)O)[C@@](O)(CC(=O)O)C(=O)O. The van der Waals surface area contributed by atoms with E-state index in [4.69, 9.17) is 10.00 Å². The Morgan fingerprint density at radius 1 is 0.840 bits per heavy atom. The van der Waals surface area contributed by atoms with Gasteiger partial charge in [0.15, 0.2) is 5.60 Å². The zero-order valence-corrected chi connectivity index (χ0v) is 28.5. The number of carboxylic acid groups (broad SMARTS) is 3. The molecule has 0 radical (unpaired) electrons. The molecule has 1 amide bonds. The minimum absolute atomic E-state index is 0.208. The number of aliphatic carboxylic acids is 3. The second-order valence-electron chi connectivity index (χ2n) is 12.3. The van der Waals surface area contributed by atoms with Crippen molar-refractivity contribution in [3.63, 3.8) is 0 Å². The number of carbonyl (C=O) groups excluding carboxylic acids is 2. The monoisotopic (exact) mass is 692 g/mol. The molecule has 5 N–H and O–H groups in total. The molecule has 0 aliphatic heterocycles. The van der Waals surface area contributed by atoms with Gasteiger partial charge in [-0.2, -0.15) is 5.26 Å². The molecule has 0 saturated heterocycles. The summed E-state index contributed by atoms with van der Waals surface area (Å²) >= 11 is 0. The standard InChI is InChI=1S/C38H48N2O10/c1-2-3-4-7-10-13-29(41)14-11-8-5-6-9-12-15-32(38(49,37(47)48)25-34(42)43)35(44)40-33(36(45)46)24-27-16-20-30(21-17-27)50-31-22-18-28(26-39)19-23-31/h12,15-23,32-33,49H,2-11,13-14,24-25H2,1H3,(H,40,44)(H,42,43)(H,45,46)(H,47,48)/b15-12+/t32-,33-,38-/m0/s1. The second kappa shape index (κ2) is 21.8. The van der Waals surface area contributed by atoms with Crippen molar-refractivity contribution in [3.8, 4) is 17.6 Å². The minimum Gasteiger partial charge on any atom is -0.481 e. The number of allylic oxidation sites excluding steroid dienone is 1. The summed E-state index contributed by atoms with van der Waals surface area (Å²) in [4.78, 5) is 61.1. The quantitative estimate of drug-likeness (QED) is 0.0584. The molecule has 0 aliphatic rings. The average Bonchev–Trinajstić information content (AvgIpc) is 3.07.